The summed E-state index contributed by atoms with van der Waals surface area (Å²) in [5.41, 5.74) is -1.56. The summed E-state index contributed by atoms with van der Waals surface area (Å²) in [4.78, 5) is 55.0. The average molecular weight is 559 g/mol. The first-order valence-electron chi connectivity index (χ1n) is 13.5. The van der Waals surface area contributed by atoms with Crippen LogP contribution in [0.15, 0.2) is 29.7 Å². The molecule has 0 amide bonds. The number of aromatic hydroxyl groups is 2. The molecule has 0 saturated carbocycles. The van der Waals surface area contributed by atoms with Gasteiger partial charge < -0.3 is 28.8 Å². The Labute approximate surface area is 231 Å². The molecule has 0 aliphatic carbocycles. The molecule has 41 heavy (non-hydrogen) atoms. The second-order valence-corrected chi connectivity index (χ2v) is 11.1. The molecule has 4 atom stereocenters. The van der Waals surface area contributed by atoms with Gasteiger partial charge in [-0.3, -0.25) is 19.2 Å². The van der Waals surface area contributed by atoms with Crippen molar-refractivity contribution in [3.8, 4) is 17.2 Å². The van der Waals surface area contributed by atoms with Gasteiger partial charge in [0.15, 0.2) is 38.6 Å². The highest BCUT2D eigenvalue weighted by molar-refractivity contribution is 6.24. The fourth-order valence-electron chi connectivity index (χ4n) is 6.99. The second-order valence-electron chi connectivity index (χ2n) is 11.1. The topological polar surface area (TPSA) is 150 Å². The molecule has 7 rings (SSSR count). The first-order valence-corrected chi connectivity index (χ1v) is 13.5. The van der Waals surface area contributed by atoms with Gasteiger partial charge in [0, 0.05) is 40.5 Å². The molecule has 5 aromatic rings. The zero-order valence-electron chi connectivity index (χ0n) is 23.0. The van der Waals surface area contributed by atoms with E-state index in [9.17, 15) is 29.4 Å². The van der Waals surface area contributed by atoms with Gasteiger partial charge in [-0.25, -0.2) is 0 Å². The van der Waals surface area contributed by atoms with Crippen molar-refractivity contribution in [3.05, 3.63) is 69.2 Å². The SMILES string of the molecule is COc1cc2c(=O)c3c(c(=O)c2c2oc4c(O)c5c(=O)c6c(c(=O)c5c(O)c4c12)[C@H](C)O[C@H](C)C6)[C@H](C)O[C@H](C)C3. The molecule has 10 nitrogen and oxygen atoms in total. The standard InChI is InChI=1S/C31H26O10/c1-9-6-13-17(11(3)39-9)26(34)19-15(24(13)32)8-16(38-5)20-23-28(36)22-21(29(37)31(23)41-30(19)20)25(33)14-7-10(2)40-12(4)18(14)27(22)35/h8-12,36-37H,6-7H2,1-5H3/t9-,10-,11+,12+/m1/s1. The van der Waals surface area contributed by atoms with Crippen LogP contribution in [0.2, 0.25) is 0 Å². The number of ether oxygens (including phenoxy) is 3. The lowest BCUT2D eigenvalue weighted by atomic mass is 9.89. The molecule has 0 radical (unpaired) electrons. The Kier molecular flexibility index (Phi) is 5.24. The second kappa shape index (κ2) is 8.37. The van der Waals surface area contributed by atoms with Gasteiger partial charge in [-0.1, -0.05) is 0 Å². The third-order valence-corrected chi connectivity index (χ3v) is 8.60. The van der Waals surface area contributed by atoms with E-state index in [0.717, 1.165) is 0 Å². The Morgan fingerprint density at radius 2 is 1.22 bits per heavy atom. The van der Waals surface area contributed by atoms with E-state index in [4.69, 9.17) is 18.6 Å². The molecule has 3 heterocycles. The van der Waals surface area contributed by atoms with Crippen LogP contribution in [-0.4, -0.2) is 29.5 Å². The normalized spacial score (nSPS) is 22.5. The zero-order valence-corrected chi connectivity index (χ0v) is 23.0. The highest BCUT2D eigenvalue weighted by Gasteiger charge is 2.35. The molecular formula is C31H26O10. The Hall–Kier alpha value is -4.28. The van der Waals surface area contributed by atoms with E-state index in [1.165, 1.54) is 13.2 Å². The maximum Gasteiger partial charge on any atom is 0.196 e. The Morgan fingerprint density at radius 3 is 1.80 bits per heavy atom. The largest absolute Gasteiger partial charge is 0.506 e. The van der Waals surface area contributed by atoms with Crippen LogP contribution in [-0.2, 0) is 22.3 Å². The van der Waals surface area contributed by atoms with E-state index in [1.807, 2.05) is 6.92 Å². The Balaban J connectivity index is 1.72. The van der Waals surface area contributed by atoms with Crippen LogP contribution >= 0.6 is 0 Å². The average Bonchev–Trinajstić information content (AvgIpc) is 3.32. The molecule has 2 aliphatic rings. The summed E-state index contributed by atoms with van der Waals surface area (Å²) < 4.78 is 23.3. The fraction of sp³-hybridized carbons (Fsp3) is 0.355. The minimum atomic E-state index is -0.702. The van der Waals surface area contributed by atoms with Gasteiger partial charge in [0.05, 0.1) is 58.5 Å². The molecule has 0 bridgehead atoms. The number of methoxy groups -OCH3 is 1. The monoisotopic (exact) mass is 558 g/mol. The van der Waals surface area contributed by atoms with Gasteiger partial charge in [0.25, 0.3) is 0 Å². The van der Waals surface area contributed by atoms with Crippen molar-refractivity contribution in [2.45, 2.75) is 65.0 Å². The van der Waals surface area contributed by atoms with Crippen LogP contribution in [0.4, 0.5) is 0 Å². The number of furan rings is 1. The quantitative estimate of drug-likeness (QED) is 0.292. The van der Waals surface area contributed by atoms with Crippen LogP contribution in [0, 0.1) is 0 Å². The van der Waals surface area contributed by atoms with Crippen LogP contribution in [0.3, 0.4) is 0 Å². The van der Waals surface area contributed by atoms with Crippen LogP contribution < -0.4 is 26.5 Å². The van der Waals surface area contributed by atoms with Gasteiger partial charge >= 0.3 is 0 Å². The number of rotatable bonds is 1. The molecule has 0 unspecified atom stereocenters. The van der Waals surface area contributed by atoms with Crippen molar-refractivity contribution < 1.29 is 28.8 Å². The first kappa shape index (κ1) is 25.7. The maximum absolute atomic E-state index is 13.9. The molecule has 0 fully saturated rings. The van der Waals surface area contributed by atoms with E-state index in [1.54, 1.807) is 20.8 Å². The summed E-state index contributed by atoms with van der Waals surface area (Å²) in [6, 6.07) is 1.41. The predicted molar refractivity (Wildman–Crippen MR) is 151 cm³/mol. The molecule has 2 N–H and O–H groups in total. The third kappa shape index (κ3) is 3.14. The lowest BCUT2D eigenvalue weighted by Crippen LogP contribution is -2.33. The van der Waals surface area contributed by atoms with Crippen molar-refractivity contribution in [2.24, 2.45) is 0 Å². The summed E-state index contributed by atoms with van der Waals surface area (Å²) >= 11 is 0. The maximum atomic E-state index is 13.9. The summed E-state index contributed by atoms with van der Waals surface area (Å²) in [5.74, 6) is -1.16. The van der Waals surface area contributed by atoms with Gasteiger partial charge in [-0.05, 0) is 33.8 Å². The van der Waals surface area contributed by atoms with Crippen molar-refractivity contribution in [3.63, 3.8) is 0 Å². The van der Waals surface area contributed by atoms with Gasteiger partial charge in [-0.15, -0.1) is 0 Å². The Morgan fingerprint density at radius 1 is 0.683 bits per heavy atom. The highest BCUT2D eigenvalue weighted by atomic mass is 16.5. The van der Waals surface area contributed by atoms with Crippen LogP contribution in [0.1, 0.15) is 62.2 Å². The predicted octanol–water partition coefficient (Wildman–Crippen LogP) is 3.67. The number of hydrogen-bond donors (Lipinski definition) is 2. The van der Waals surface area contributed by atoms with Crippen molar-refractivity contribution in [2.75, 3.05) is 7.11 Å². The molecule has 2 aliphatic heterocycles. The van der Waals surface area contributed by atoms with Crippen molar-refractivity contribution in [1.82, 2.24) is 0 Å². The number of phenolic OH excluding ortho intramolecular Hbond substituents is 2. The fourth-order valence-corrected chi connectivity index (χ4v) is 6.99. The molecular weight excluding hydrogens is 532 g/mol. The minimum absolute atomic E-state index is 0.0615. The number of phenols is 2. The number of benzene rings is 4. The smallest absolute Gasteiger partial charge is 0.196 e. The van der Waals surface area contributed by atoms with Crippen LogP contribution in [0.5, 0.6) is 17.2 Å². The molecule has 0 spiro atoms. The molecule has 0 saturated heterocycles. The van der Waals surface area contributed by atoms with Gasteiger partial charge in [0.1, 0.15) is 11.5 Å². The third-order valence-electron chi connectivity index (χ3n) is 8.60. The summed E-state index contributed by atoms with van der Waals surface area (Å²) in [6.45, 7) is 6.96. The molecule has 4 aromatic carbocycles. The molecule has 210 valence electrons. The van der Waals surface area contributed by atoms with E-state index in [0.29, 0.717) is 5.56 Å². The molecule has 10 heteroatoms. The van der Waals surface area contributed by atoms with E-state index in [2.05, 4.69) is 0 Å². The van der Waals surface area contributed by atoms with Crippen molar-refractivity contribution >= 4 is 43.5 Å². The first-order chi connectivity index (χ1) is 19.5. The summed E-state index contributed by atoms with van der Waals surface area (Å²) in [7, 11) is 1.35. The summed E-state index contributed by atoms with van der Waals surface area (Å²) in [5, 5.41) is 22.2. The van der Waals surface area contributed by atoms with Crippen LogP contribution in [0.25, 0.3) is 43.5 Å². The minimum Gasteiger partial charge on any atom is -0.506 e. The lowest BCUT2D eigenvalue weighted by molar-refractivity contribution is -0.00569. The highest BCUT2D eigenvalue weighted by Crippen LogP contribution is 2.49. The summed E-state index contributed by atoms with van der Waals surface area (Å²) in [6.07, 6.45) is -1.51. The van der Waals surface area contributed by atoms with E-state index < -0.39 is 40.0 Å². The number of hydrogen-bond acceptors (Lipinski definition) is 10. The Bertz CT molecular complexity index is 2220. The van der Waals surface area contributed by atoms with Crippen molar-refractivity contribution in [1.29, 1.82) is 0 Å². The van der Waals surface area contributed by atoms with E-state index >= 15 is 0 Å². The lowest BCUT2D eigenvalue weighted by Gasteiger charge is -2.27. The van der Waals surface area contributed by atoms with Gasteiger partial charge in [-0.2, -0.15) is 0 Å². The zero-order chi connectivity index (χ0) is 29.2. The number of fused-ring (bicyclic) bond motifs is 8. The molecule has 1 aromatic heterocycles. The van der Waals surface area contributed by atoms with E-state index in [-0.39, 0.29) is 96.4 Å². The van der Waals surface area contributed by atoms with Gasteiger partial charge in [0.2, 0.25) is 0 Å².